The monoisotopic (exact) mass is 320 g/mol. The lowest BCUT2D eigenvalue weighted by Gasteiger charge is -2.09. The van der Waals surface area contributed by atoms with Crippen molar-refractivity contribution in [3.8, 4) is 22.9 Å². The molecule has 0 fully saturated rings. The molecule has 0 amide bonds. The molecule has 4 aromatic rings. The summed E-state index contributed by atoms with van der Waals surface area (Å²) < 4.78 is 7.43. The molecule has 6 nitrogen and oxygen atoms in total. The van der Waals surface area contributed by atoms with Gasteiger partial charge in [-0.25, -0.2) is 4.98 Å². The normalized spacial score (nSPS) is 11.2. The molecule has 0 aliphatic heterocycles. The fourth-order valence-electron chi connectivity index (χ4n) is 2.80. The van der Waals surface area contributed by atoms with Gasteiger partial charge in [-0.1, -0.05) is 0 Å². The van der Waals surface area contributed by atoms with Crippen molar-refractivity contribution in [3.05, 3.63) is 42.7 Å². The first kappa shape index (κ1) is 14.4. The van der Waals surface area contributed by atoms with Crippen molar-refractivity contribution < 1.29 is 9.84 Å². The Kier molecular flexibility index (Phi) is 3.30. The van der Waals surface area contributed by atoms with E-state index in [-0.39, 0.29) is 5.88 Å². The maximum absolute atomic E-state index is 9.47. The lowest BCUT2D eigenvalue weighted by molar-refractivity contribution is 0.417. The number of nitrogens with zero attached hydrogens (tertiary/aromatic N) is 4. The van der Waals surface area contributed by atoms with Gasteiger partial charge in [0.25, 0.3) is 0 Å². The van der Waals surface area contributed by atoms with E-state index >= 15 is 0 Å². The van der Waals surface area contributed by atoms with Crippen LogP contribution in [0.5, 0.6) is 11.6 Å². The van der Waals surface area contributed by atoms with Crippen LogP contribution in [0.25, 0.3) is 33.1 Å². The Morgan fingerprint density at radius 3 is 2.79 bits per heavy atom. The molecule has 1 aromatic carbocycles. The minimum atomic E-state index is -0.0111. The largest absolute Gasteiger partial charge is 0.496 e. The predicted octanol–water partition coefficient (Wildman–Crippen LogP) is 3.38. The smallest absolute Gasteiger partial charge is 0.211 e. The molecule has 120 valence electrons. The van der Waals surface area contributed by atoms with Gasteiger partial charge in [-0.3, -0.25) is 9.67 Å². The van der Waals surface area contributed by atoms with Gasteiger partial charge < -0.3 is 9.84 Å². The van der Waals surface area contributed by atoms with E-state index in [1.807, 2.05) is 35.1 Å². The molecule has 0 aliphatic rings. The third-order valence-electron chi connectivity index (χ3n) is 4.03. The van der Waals surface area contributed by atoms with Gasteiger partial charge in [0.15, 0.2) is 0 Å². The fraction of sp³-hybridized carbons (Fsp3) is 0.167. The van der Waals surface area contributed by atoms with E-state index in [0.29, 0.717) is 5.52 Å². The fourth-order valence-corrected chi connectivity index (χ4v) is 2.80. The summed E-state index contributed by atoms with van der Waals surface area (Å²) in [7, 11) is 1.64. The van der Waals surface area contributed by atoms with Crippen molar-refractivity contribution in [1.29, 1.82) is 0 Å². The second-order valence-corrected chi connectivity index (χ2v) is 5.53. The van der Waals surface area contributed by atoms with E-state index in [0.717, 1.165) is 39.8 Å². The van der Waals surface area contributed by atoms with Gasteiger partial charge in [0.05, 0.1) is 30.0 Å². The highest BCUT2D eigenvalue weighted by atomic mass is 16.5. The number of hydrogen-bond donors (Lipinski definition) is 1. The summed E-state index contributed by atoms with van der Waals surface area (Å²) >= 11 is 0. The zero-order valence-electron chi connectivity index (χ0n) is 13.4. The molecule has 6 heteroatoms. The minimum absolute atomic E-state index is 0.0111. The highest BCUT2D eigenvalue weighted by Gasteiger charge is 2.12. The lowest BCUT2D eigenvalue weighted by atomic mass is 10.1. The van der Waals surface area contributed by atoms with E-state index in [4.69, 9.17) is 4.74 Å². The number of ether oxygens (including phenoxy) is 1. The first-order valence-corrected chi connectivity index (χ1v) is 7.69. The number of aryl methyl sites for hydroxylation is 1. The molecule has 3 heterocycles. The van der Waals surface area contributed by atoms with Crippen LogP contribution in [0.4, 0.5) is 0 Å². The number of benzene rings is 1. The highest BCUT2D eigenvalue weighted by molar-refractivity contribution is 5.90. The number of aromatic nitrogens is 4. The average Bonchev–Trinajstić information content (AvgIpc) is 3.02. The molecule has 0 spiro atoms. The van der Waals surface area contributed by atoms with Crippen LogP contribution in [0, 0.1) is 0 Å². The second kappa shape index (κ2) is 5.49. The van der Waals surface area contributed by atoms with Crippen LogP contribution in [-0.4, -0.2) is 32.0 Å². The van der Waals surface area contributed by atoms with E-state index in [9.17, 15) is 5.11 Å². The molecule has 24 heavy (non-hydrogen) atoms. The zero-order chi connectivity index (χ0) is 16.7. The minimum Gasteiger partial charge on any atom is -0.496 e. The zero-order valence-corrected chi connectivity index (χ0v) is 13.4. The van der Waals surface area contributed by atoms with Gasteiger partial charge in [0.2, 0.25) is 5.88 Å². The van der Waals surface area contributed by atoms with Crippen molar-refractivity contribution >= 4 is 21.8 Å². The molecule has 0 saturated carbocycles. The van der Waals surface area contributed by atoms with Gasteiger partial charge in [-0.05, 0) is 25.1 Å². The maximum Gasteiger partial charge on any atom is 0.211 e. The van der Waals surface area contributed by atoms with Crippen molar-refractivity contribution in [1.82, 2.24) is 19.7 Å². The quantitative estimate of drug-likeness (QED) is 0.626. The average molecular weight is 320 g/mol. The summed E-state index contributed by atoms with van der Waals surface area (Å²) in [4.78, 5) is 8.55. The molecule has 1 N–H and O–H groups in total. The van der Waals surface area contributed by atoms with Crippen molar-refractivity contribution in [3.63, 3.8) is 0 Å². The molecule has 4 rings (SSSR count). The Hall–Kier alpha value is -3.15. The Balaban J connectivity index is 1.92. The molecular formula is C18H16N4O2. The van der Waals surface area contributed by atoms with Gasteiger partial charge in [0.1, 0.15) is 5.75 Å². The summed E-state index contributed by atoms with van der Waals surface area (Å²) in [5, 5.41) is 15.9. The SMILES string of the molecule is CCn1cc2cc(-c3cc4ccc(O)nc4cn3)c(OC)cc2n1. The second-order valence-electron chi connectivity index (χ2n) is 5.53. The molecule has 0 unspecified atom stereocenters. The Morgan fingerprint density at radius 2 is 2.00 bits per heavy atom. The summed E-state index contributed by atoms with van der Waals surface area (Å²) in [6, 6.07) is 9.30. The van der Waals surface area contributed by atoms with Crippen LogP contribution in [0.2, 0.25) is 0 Å². The molecular weight excluding hydrogens is 304 g/mol. The van der Waals surface area contributed by atoms with Crippen molar-refractivity contribution in [2.75, 3.05) is 7.11 Å². The van der Waals surface area contributed by atoms with Gasteiger partial charge in [0, 0.05) is 41.2 Å². The van der Waals surface area contributed by atoms with Gasteiger partial charge in [-0.2, -0.15) is 5.10 Å². The first-order valence-electron chi connectivity index (χ1n) is 7.69. The molecule has 0 bridgehead atoms. The maximum atomic E-state index is 9.47. The molecule has 3 aromatic heterocycles. The Labute approximate surface area is 138 Å². The van der Waals surface area contributed by atoms with Crippen LogP contribution in [0.1, 0.15) is 6.92 Å². The molecule has 0 atom stereocenters. The third-order valence-corrected chi connectivity index (χ3v) is 4.03. The number of aromatic hydroxyl groups is 1. The van der Waals surface area contributed by atoms with E-state index < -0.39 is 0 Å². The third kappa shape index (κ3) is 2.32. The van der Waals surface area contributed by atoms with Crippen LogP contribution >= 0.6 is 0 Å². The van der Waals surface area contributed by atoms with E-state index in [2.05, 4.69) is 22.0 Å². The predicted molar refractivity (Wildman–Crippen MR) is 92.2 cm³/mol. The molecule has 0 saturated heterocycles. The van der Waals surface area contributed by atoms with E-state index in [1.165, 1.54) is 0 Å². The van der Waals surface area contributed by atoms with Gasteiger partial charge >= 0.3 is 0 Å². The van der Waals surface area contributed by atoms with Gasteiger partial charge in [-0.15, -0.1) is 0 Å². The van der Waals surface area contributed by atoms with Crippen LogP contribution in [-0.2, 0) is 6.54 Å². The van der Waals surface area contributed by atoms with Crippen LogP contribution < -0.4 is 4.74 Å². The first-order chi connectivity index (χ1) is 11.7. The van der Waals surface area contributed by atoms with Crippen LogP contribution in [0.3, 0.4) is 0 Å². The Bertz CT molecular complexity index is 1060. The number of hydrogen-bond acceptors (Lipinski definition) is 5. The Morgan fingerprint density at radius 1 is 1.12 bits per heavy atom. The lowest BCUT2D eigenvalue weighted by Crippen LogP contribution is -1.93. The number of rotatable bonds is 3. The summed E-state index contributed by atoms with van der Waals surface area (Å²) in [5.41, 5.74) is 3.23. The van der Waals surface area contributed by atoms with E-state index in [1.54, 1.807) is 19.4 Å². The topological polar surface area (TPSA) is 73.1 Å². The number of pyridine rings is 2. The van der Waals surface area contributed by atoms with Crippen molar-refractivity contribution in [2.45, 2.75) is 13.5 Å². The number of fused-ring (bicyclic) bond motifs is 2. The van der Waals surface area contributed by atoms with Crippen molar-refractivity contribution in [2.24, 2.45) is 0 Å². The molecule has 0 radical (unpaired) electrons. The highest BCUT2D eigenvalue weighted by Crippen LogP contribution is 2.34. The standard InChI is InChI=1S/C18H16N4O2/c1-3-22-10-12-6-13(17(24-2)8-14(12)21-22)15-7-11-4-5-18(23)20-16(11)9-19-15/h4-10H,3H2,1-2H3,(H,20,23). The summed E-state index contributed by atoms with van der Waals surface area (Å²) in [6.45, 7) is 2.87. The number of methoxy groups -OCH3 is 1. The summed E-state index contributed by atoms with van der Waals surface area (Å²) in [6.07, 6.45) is 3.67. The van der Waals surface area contributed by atoms with Crippen LogP contribution in [0.15, 0.2) is 42.7 Å². The molecule has 0 aliphatic carbocycles. The summed E-state index contributed by atoms with van der Waals surface area (Å²) in [5.74, 6) is 0.713.